The molecule has 1 heterocycles. The Kier molecular flexibility index (Phi) is 9.67. The monoisotopic (exact) mass is 782 g/mol. The van der Waals surface area contributed by atoms with E-state index < -0.39 is 8.07 Å². The van der Waals surface area contributed by atoms with Crippen molar-refractivity contribution in [2.75, 3.05) is 0 Å². The molecule has 9 rings (SSSR count). The summed E-state index contributed by atoms with van der Waals surface area (Å²) in [6, 6.07) is 54.9. The van der Waals surface area contributed by atoms with Gasteiger partial charge in [0.1, 0.15) is 0 Å². The van der Waals surface area contributed by atoms with E-state index in [-0.39, 0.29) is 5.41 Å². The van der Waals surface area contributed by atoms with Gasteiger partial charge in [-0.1, -0.05) is 187 Å². The minimum absolute atomic E-state index is 0.0326. The summed E-state index contributed by atoms with van der Waals surface area (Å²) in [4.78, 5) is 0. The van der Waals surface area contributed by atoms with Gasteiger partial charge < -0.3 is 0 Å². The molecular formula is C56H50SSi. The fourth-order valence-corrected chi connectivity index (χ4v) is 12.1. The fraction of sp³-hybridized carbons (Fsp3) is 0.143. The van der Waals surface area contributed by atoms with Gasteiger partial charge in [-0.05, 0) is 125 Å². The summed E-state index contributed by atoms with van der Waals surface area (Å²) in [6.45, 7) is 18.8. The fourth-order valence-electron chi connectivity index (χ4n) is 8.42. The van der Waals surface area contributed by atoms with Crippen LogP contribution >= 0.6 is 11.3 Å². The number of allylic oxidation sites excluding steroid dienone is 5. The zero-order valence-electron chi connectivity index (χ0n) is 34.5. The first-order valence-corrected chi connectivity index (χ1v) is 24.8. The molecule has 0 spiro atoms. The van der Waals surface area contributed by atoms with E-state index in [4.69, 9.17) is 0 Å². The van der Waals surface area contributed by atoms with Crippen LogP contribution in [0.1, 0.15) is 37.5 Å². The highest BCUT2D eigenvalue weighted by Crippen LogP contribution is 2.41. The standard InChI is InChI=1S/C56H50SSi/c1-37-16-10-8-13-19-39-24-25-43(34-51(39)52-35-42(26-28-48(37)52)38-17-11-9-12-18-38)46-31-45(32-47(33-46)56(2,3)4)41-21-14-20-40(30-41)44-27-29-49-50-22-15-23-54(58(5,6)7)55(50)57-53(49)36-44/h8-18,20-36H,1,19H2,2-7H3/b13-8-,16-10-. The summed E-state index contributed by atoms with van der Waals surface area (Å²) >= 11 is 1.96. The molecule has 0 atom stereocenters. The predicted octanol–water partition coefficient (Wildman–Crippen LogP) is 15.9. The van der Waals surface area contributed by atoms with Crippen molar-refractivity contribution in [2.24, 2.45) is 0 Å². The van der Waals surface area contributed by atoms with E-state index in [0.29, 0.717) is 0 Å². The van der Waals surface area contributed by atoms with Gasteiger partial charge in [0.25, 0.3) is 0 Å². The molecule has 1 aliphatic carbocycles. The van der Waals surface area contributed by atoms with Crippen molar-refractivity contribution in [3.8, 4) is 55.6 Å². The zero-order chi connectivity index (χ0) is 40.2. The van der Waals surface area contributed by atoms with E-state index >= 15 is 0 Å². The normalized spacial score (nSPS) is 14.3. The Balaban J connectivity index is 1.16. The van der Waals surface area contributed by atoms with Gasteiger partial charge in [-0.3, -0.25) is 0 Å². The van der Waals surface area contributed by atoms with Crippen LogP contribution in [0.3, 0.4) is 0 Å². The van der Waals surface area contributed by atoms with Crippen LogP contribution in [0, 0.1) is 0 Å². The molecule has 8 aromatic rings. The molecule has 0 saturated carbocycles. The van der Waals surface area contributed by atoms with Gasteiger partial charge in [-0.15, -0.1) is 11.3 Å². The first-order chi connectivity index (χ1) is 27.9. The van der Waals surface area contributed by atoms with E-state index in [2.05, 4.69) is 217 Å². The zero-order valence-corrected chi connectivity index (χ0v) is 36.3. The Morgan fingerprint density at radius 3 is 1.90 bits per heavy atom. The first-order valence-electron chi connectivity index (χ1n) is 20.5. The second-order valence-corrected chi connectivity index (χ2v) is 24.0. The third-order valence-electron chi connectivity index (χ3n) is 11.7. The van der Waals surface area contributed by atoms with Gasteiger partial charge >= 0.3 is 0 Å². The van der Waals surface area contributed by atoms with Crippen molar-refractivity contribution in [3.05, 3.63) is 193 Å². The van der Waals surface area contributed by atoms with E-state index in [9.17, 15) is 0 Å². The number of rotatable bonds is 5. The second kappa shape index (κ2) is 14.9. The SMILES string of the molecule is C=C1/C=C\C=C/Cc2ccc(-c3cc(-c4cccc(-c5ccc6c(c5)sc5c([Si](C)(C)C)cccc56)c4)cc(C(C)(C)C)c3)cc2-c2cc(-c3ccccc3)ccc21. The van der Waals surface area contributed by atoms with Crippen molar-refractivity contribution in [2.45, 2.75) is 52.2 Å². The van der Waals surface area contributed by atoms with E-state index in [1.807, 2.05) is 11.3 Å². The first kappa shape index (κ1) is 37.8. The summed E-state index contributed by atoms with van der Waals surface area (Å²) in [5.74, 6) is 0. The van der Waals surface area contributed by atoms with Crippen LogP contribution < -0.4 is 5.19 Å². The third-order valence-corrected chi connectivity index (χ3v) is 15.1. The highest BCUT2D eigenvalue weighted by atomic mass is 32.1. The summed E-state index contributed by atoms with van der Waals surface area (Å²) in [5.41, 5.74) is 17.1. The number of benzene rings is 7. The molecule has 0 N–H and O–H groups in total. The van der Waals surface area contributed by atoms with Crippen LogP contribution in [0.5, 0.6) is 0 Å². The smallest absolute Gasteiger partial charge is 0.0794 e. The molecule has 1 aromatic heterocycles. The minimum atomic E-state index is -1.48. The summed E-state index contributed by atoms with van der Waals surface area (Å²) in [5, 5.41) is 4.31. The molecule has 0 nitrogen and oxygen atoms in total. The van der Waals surface area contributed by atoms with Crippen LogP contribution in [0.25, 0.3) is 81.4 Å². The summed E-state index contributed by atoms with van der Waals surface area (Å²) in [6.07, 6.45) is 9.49. The molecule has 1 aliphatic rings. The quantitative estimate of drug-likeness (QED) is 0.153. The van der Waals surface area contributed by atoms with Crippen LogP contribution in [-0.2, 0) is 11.8 Å². The molecule has 0 unspecified atom stereocenters. The molecule has 58 heavy (non-hydrogen) atoms. The number of hydrogen-bond acceptors (Lipinski definition) is 1. The highest BCUT2D eigenvalue weighted by molar-refractivity contribution is 7.27. The number of fused-ring (bicyclic) bond motifs is 6. The Bertz CT molecular complexity index is 2940. The highest BCUT2D eigenvalue weighted by Gasteiger charge is 2.22. The topological polar surface area (TPSA) is 0 Å². The molecule has 0 aliphatic heterocycles. The Morgan fingerprint density at radius 2 is 1.14 bits per heavy atom. The molecule has 7 aromatic carbocycles. The molecule has 0 bridgehead atoms. The van der Waals surface area contributed by atoms with Crippen LogP contribution in [0.15, 0.2) is 176 Å². The van der Waals surface area contributed by atoms with E-state index in [1.165, 1.54) is 86.9 Å². The molecule has 0 saturated heterocycles. The van der Waals surface area contributed by atoms with Crippen molar-refractivity contribution in [3.63, 3.8) is 0 Å². The molecule has 0 fully saturated rings. The molecule has 2 heteroatoms. The van der Waals surface area contributed by atoms with E-state index in [1.54, 1.807) is 5.19 Å². The van der Waals surface area contributed by atoms with Gasteiger partial charge in [0.05, 0.1) is 8.07 Å². The molecular weight excluding hydrogens is 733 g/mol. The number of thiophene rings is 1. The lowest BCUT2D eigenvalue weighted by molar-refractivity contribution is 0.590. The third kappa shape index (κ3) is 7.28. The van der Waals surface area contributed by atoms with E-state index in [0.717, 1.165) is 17.6 Å². The van der Waals surface area contributed by atoms with Crippen molar-refractivity contribution < 1.29 is 0 Å². The van der Waals surface area contributed by atoms with Gasteiger partial charge in [-0.25, -0.2) is 0 Å². The molecule has 284 valence electrons. The van der Waals surface area contributed by atoms with Crippen molar-refractivity contribution in [1.29, 1.82) is 0 Å². The van der Waals surface area contributed by atoms with Gasteiger partial charge in [0, 0.05) is 20.2 Å². The lowest BCUT2D eigenvalue weighted by Gasteiger charge is -2.22. The summed E-state index contributed by atoms with van der Waals surface area (Å²) in [7, 11) is -1.48. The minimum Gasteiger partial charge on any atom is -0.135 e. The maximum Gasteiger partial charge on any atom is 0.0794 e. The Hall–Kier alpha value is -5.80. The van der Waals surface area contributed by atoms with Gasteiger partial charge in [-0.2, -0.15) is 0 Å². The molecule has 0 radical (unpaired) electrons. The van der Waals surface area contributed by atoms with Crippen molar-refractivity contribution >= 4 is 50.3 Å². The van der Waals surface area contributed by atoms with Gasteiger partial charge in [0.2, 0.25) is 0 Å². The number of hydrogen-bond donors (Lipinski definition) is 0. The van der Waals surface area contributed by atoms with Gasteiger partial charge in [0.15, 0.2) is 0 Å². The average Bonchev–Trinajstić information content (AvgIpc) is 3.61. The average molecular weight is 783 g/mol. The maximum atomic E-state index is 4.52. The lowest BCUT2D eigenvalue weighted by Crippen LogP contribution is -2.37. The van der Waals surface area contributed by atoms with Crippen LogP contribution in [0.4, 0.5) is 0 Å². The van der Waals surface area contributed by atoms with Crippen molar-refractivity contribution in [1.82, 2.24) is 0 Å². The lowest BCUT2D eigenvalue weighted by atomic mass is 9.82. The summed E-state index contributed by atoms with van der Waals surface area (Å²) < 4.78 is 2.82. The second-order valence-electron chi connectivity index (χ2n) is 17.9. The largest absolute Gasteiger partial charge is 0.135 e. The maximum absolute atomic E-state index is 4.52. The Labute approximate surface area is 349 Å². The predicted molar refractivity (Wildman–Crippen MR) is 259 cm³/mol. The van der Waals surface area contributed by atoms with Crippen LogP contribution in [0.2, 0.25) is 19.6 Å². The van der Waals surface area contributed by atoms with Crippen LogP contribution in [-0.4, -0.2) is 8.07 Å². The Morgan fingerprint density at radius 1 is 0.517 bits per heavy atom. The molecule has 0 amide bonds.